The first-order valence-corrected chi connectivity index (χ1v) is 11.6. The van der Waals surface area contributed by atoms with Crippen molar-refractivity contribution >= 4 is 38.3 Å². The first-order valence-electron chi connectivity index (χ1n) is 10.7. The first-order chi connectivity index (χ1) is 15.6. The normalized spacial score (nSPS) is 17.0. The van der Waals surface area contributed by atoms with Crippen LogP contribution in [-0.2, 0) is 4.74 Å². The van der Waals surface area contributed by atoms with Gasteiger partial charge < -0.3 is 14.6 Å². The van der Waals surface area contributed by atoms with E-state index >= 15 is 0 Å². The summed E-state index contributed by atoms with van der Waals surface area (Å²) in [4.78, 5) is 15.9. The van der Waals surface area contributed by atoms with Gasteiger partial charge in [0, 0.05) is 34.6 Å². The van der Waals surface area contributed by atoms with Crippen LogP contribution in [0.1, 0.15) is 18.6 Å². The molecule has 0 aliphatic carbocycles. The number of aromatic amines is 1. The molecule has 0 bridgehead atoms. The maximum atomic E-state index is 5.70. The monoisotopic (exact) mass is 445 g/mol. The summed E-state index contributed by atoms with van der Waals surface area (Å²) < 4.78 is 8.84. The molecule has 1 aliphatic heterocycles. The van der Waals surface area contributed by atoms with Gasteiger partial charge in [0.15, 0.2) is 11.6 Å². The maximum Gasteiger partial charge on any atom is 0.163 e. The Kier molecular flexibility index (Phi) is 4.48. The highest BCUT2D eigenvalue weighted by Gasteiger charge is 2.26. The minimum Gasteiger partial charge on any atom is -0.377 e. The molecular weight excluding hydrogens is 422 g/mol. The van der Waals surface area contributed by atoms with Gasteiger partial charge in [-0.1, -0.05) is 12.1 Å². The molecule has 1 fully saturated rings. The van der Waals surface area contributed by atoms with E-state index in [1.54, 1.807) is 11.3 Å². The fraction of sp³-hybridized carbons (Fsp3) is 0.304. The number of fused-ring (bicyclic) bond motifs is 2. The van der Waals surface area contributed by atoms with Crippen LogP contribution in [-0.4, -0.2) is 55.5 Å². The van der Waals surface area contributed by atoms with Crippen LogP contribution in [0.15, 0.2) is 35.8 Å². The summed E-state index contributed by atoms with van der Waals surface area (Å²) in [7, 11) is 0. The van der Waals surface area contributed by atoms with E-state index in [0.717, 1.165) is 62.2 Å². The average molecular weight is 446 g/mol. The molecule has 162 valence electrons. The molecule has 0 unspecified atom stereocenters. The van der Waals surface area contributed by atoms with Gasteiger partial charge in [-0.3, -0.25) is 4.57 Å². The van der Waals surface area contributed by atoms with Crippen molar-refractivity contribution in [2.24, 2.45) is 0 Å². The predicted octanol–water partition coefficient (Wildman–Crippen LogP) is 4.26. The Morgan fingerprint density at radius 1 is 1.12 bits per heavy atom. The van der Waals surface area contributed by atoms with Crippen molar-refractivity contribution in [1.29, 1.82) is 0 Å². The van der Waals surface area contributed by atoms with E-state index in [0.29, 0.717) is 13.2 Å². The summed E-state index contributed by atoms with van der Waals surface area (Å²) in [6.45, 7) is 8.31. The van der Waals surface area contributed by atoms with Crippen molar-refractivity contribution in [1.82, 2.24) is 29.7 Å². The molecule has 1 saturated heterocycles. The van der Waals surface area contributed by atoms with Crippen molar-refractivity contribution in [2.45, 2.75) is 26.8 Å². The number of nitrogens with one attached hydrogen (secondary N) is 1. The lowest BCUT2D eigenvalue weighted by Crippen LogP contribution is -2.44. The van der Waals surface area contributed by atoms with E-state index in [4.69, 9.17) is 14.7 Å². The second-order valence-corrected chi connectivity index (χ2v) is 9.04. The largest absolute Gasteiger partial charge is 0.377 e. The van der Waals surface area contributed by atoms with E-state index in [9.17, 15) is 0 Å². The molecule has 5 heterocycles. The molecule has 0 saturated carbocycles. The Balaban J connectivity index is 1.65. The molecule has 1 aromatic carbocycles. The molecule has 1 atom stereocenters. The Morgan fingerprint density at radius 3 is 2.78 bits per heavy atom. The quantitative estimate of drug-likeness (QED) is 0.447. The van der Waals surface area contributed by atoms with E-state index in [1.165, 1.54) is 0 Å². The van der Waals surface area contributed by atoms with Gasteiger partial charge in [0.1, 0.15) is 17.2 Å². The topological polar surface area (TPSA) is 84.8 Å². The van der Waals surface area contributed by atoms with Gasteiger partial charge in [-0.15, -0.1) is 21.5 Å². The molecule has 32 heavy (non-hydrogen) atoms. The number of nitrogens with zero attached hydrogens (tertiary/aromatic N) is 6. The fourth-order valence-corrected chi connectivity index (χ4v) is 5.48. The summed E-state index contributed by atoms with van der Waals surface area (Å²) in [5, 5.41) is 11.8. The molecule has 0 radical (unpaired) electrons. The van der Waals surface area contributed by atoms with Gasteiger partial charge in [-0.25, -0.2) is 9.97 Å². The summed E-state index contributed by atoms with van der Waals surface area (Å²) in [6.07, 6.45) is 1.96. The van der Waals surface area contributed by atoms with E-state index < -0.39 is 0 Å². The van der Waals surface area contributed by atoms with Gasteiger partial charge in [0.2, 0.25) is 0 Å². The summed E-state index contributed by atoms with van der Waals surface area (Å²) >= 11 is 1.67. The number of rotatable bonds is 3. The maximum absolute atomic E-state index is 5.70. The van der Waals surface area contributed by atoms with Crippen LogP contribution >= 0.6 is 11.3 Å². The van der Waals surface area contributed by atoms with Gasteiger partial charge in [-0.2, -0.15) is 0 Å². The van der Waals surface area contributed by atoms with Gasteiger partial charge >= 0.3 is 0 Å². The van der Waals surface area contributed by atoms with Crippen LogP contribution < -0.4 is 4.90 Å². The molecule has 0 spiro atoms. The van der Waals surface area contributed by atoms with Gasteiger partial charge in [-0.05, 0) is 32.9 Å². The van der Waals surface area contributed by atoms with E-state index in [1.807, 2.05) is 26.1 Å². The van der Waals surface area contributed by atoms with Gasteiger partial charge in [0.05, 0.1) is 29.6 Å². The number of ether oxygens (including phenoxy) is 1. The zero-order valence-electron chi connectivity index (χ0n) is 18.2. The Labute approximate surface area is 188 Å². The smallest absolute Gasteiger partial charge is 0.163 e. The van der Waals surface area contributed by atoms with Crippen LogP contribution in [0, 0.1) is 13.8 Å². The molecule has 0 amide bonds. The number of hydrogen-bond donors (Lipinski definition) is 1. The van der Waals surface area contributed by atoms with Crippen LogP contribution in [0.5, 0.6) is 0 Å². The lowest BCUT2D eigenvalue weighted by molar-refractivity contribution is 0.0987. The lowest BCUT2D eigenvalue weighted by atomic mass is 10.1. The van der Waals surface area contributed by atoms with Crippen molar-refractivity contribution < 1.29 is 4.74 Å². The highest BCUT2D eigenvalue weighted by molar-refractivity contribution is 7.18. The van der Waals surface area contributed by atoms with Crippen LogP contribution in [0.25, 0.3) is 38.2 Å². The highest BCUT2D eigenvalue weighted by Crippen LogP contribution is 2.38. The number of aromatic nitrogens is 6. The third-order valence-electron chi connectivity index (χ3n) is 6.08. The highest BCUT2D eigenvalue weighted by atomic mass is 32.1. The number of thiophene rings is 1. The third-order valence-corrected chi connectivity index (χ3v) is 7.03. The van der Waals surface area contributed by atoms with Crippen molar-refractivity contribution in [3.63, 3.8) is 0 Å². The second-order valence-electron chi connectivity index (χ2n) is 8.16. The van der Waals surface area contributed by atoms with Crippen LogP contribution in [0.3, 0.4) is 0 Å². The number of aryl methyl sites for hydroxylation is 2. The molecule has 5 aromatic rings. The van der Waals surface area contributed by atoms with Crippen molar-refractivity contribution in [3.05, 3.63) is 47.5 Å². The van der Waals surface area contributed by atoms with Gasteiger partial charge in [0.25, 0.3) is 0 Å². The SMILES string of the molecule is Cc1nnc(C)n1-c1csc2c(N3CCOC[C@H]3C)nc(-c3cccc4[nH]ccc34)nc12. The molecule has 6 rings (SSSR count). The van der Waals surface area contributed by atoms with Crippen molar-refractivity contribution in [2.75, 3.05) is 24.7 Å². The molecule has 1 N–H and O–H groups in total. The van der Waals surface area contributed by atoms with Crippen LogP contribution in [0.4, 0.5) is 5.82 Å². The fourth-order valence-electron chi connectivity index (χ4n) is 4.50. The third kappa shape index (κ3) is 2.92. The summed E-state index contributed by atoms with van der Waals surface area (Å²) in [5.41, 5.74) is 4.01. The number of H-pyrrole nitrogens is 1. The summed E-state index contributed by atoms with van der Waals surface area (Å²) in [6, 6.07) is 8.52. The molecular formula is C23H23N7OS. The zero-order valence-corrected chi connectivity index (χ0v) is 19.0. The average Bonchev–Trinajstić information content (AvgIpc) is 3.52. The number of benzene rings is 1. The molecule has 8 nitrogen and oxygen atoms in total. The number of hydrogen-bond acceptors (Lipinski definition) is 7. The van der Waals surface area contributed by atoms with Crippen LogP contribution in [0.2, 0.25) is 0 Å². The van der Waals surface area contributed by atoms with E-state index in [2.05, 4.69) is 55.2 Å². The number of morpholine rings is 1. The first kappa shape index (κ1) is 19.4. The molecule has 9 heteroatoms. The Bertz CT molecular complexity index is 1430. The second kappa shape index (κ2) is 7.39. The number of anilines is 1. The van der Waals surface area contributed by atoms with E-state index in [-0.39, 0.29) is 6.04 Å². The standard InChI is InChI=1S/C23H23N7OS/c1-13-11-31-10-9-29(13)23-21-20(19(12-32-21)30-14(2)27-28-15(30)3)25-22(26-23)17-5-4-6-18-16(17)7-8-24-18/h4-8,12-13,24H,9-11H2,1-3H3/t13-/m1/s1. The predicted molar refractivity (Wildman–Crippen MR) is 127 cm³/mol. The van der Waals surface area contributed by atoms with Crippen molar-refractivity contribution in [3.8, 4) is 17.1 Å². The summed E-state index contributed by atoms with van der Waals surface area (Å²) in [5.74, 6) is 3.38. The zero-order chi connectivity index (χ0) is 21.8. The Morgan fingerprint density at radius 2 is 1.97 bits per heavy atom. The lowest BCUT2D eigenvalue weighted by Gasteiger charge is -2.34. The molecule has 1 aliphatic rings. The Hall–Kier alpha value is -3.30. The minimum atomic E-state index is 0.238. The molecule has 4 aromatic heterocycles. The minimum absolute atomic E-state index is 0.238.